The second-order valence-electron chi connectivity index (χ2n) is 4.67. The number of hydrogen-bond acceptors (Lipinski definition) is 8. The molecule has 2 aromatic heterocycles. The van der Waals surface area contributed by atoms with Crippen LogP contribution in [0.4, 0.5) is 5.69 Å². The predicted octanol–water partition coefficient (Wildman–Crippen LogP) is 2.68. The fraction of sp³-hybridized carbons (Fsp3) is 0.125. The van der Waals surface area contributed by atoms with Gasteiger partial charge < -0.3 is 19.6 Å². The molecule has 122 valence electrons. The van der Waals surface area contributed by atoms with Gasteiger partial charge in [0.25, 0.3) is 0 Å². The molecule has 0 aliphatic carbocycles. The number of anilines is 1. The maximum Gasteiger partial charge on any atom is 0.360 e. The Kier molecular flexibility index (Phi) is 4.37. The van der Waals surface area contributed by atoms with Crippen LogP contribution in [0.1, 0.15) is 17.4 Å². The average molecular weight is 326 g/mol. The Morgan fingerprint density at radius 1 is 1.29 bits per heavy atom. The Morgan fingerprint density at radius 2 is 2.17 bits per heavy atom. The number of aromatic nitrogens is 3. The Balaban J connectivity index is 1.81. The minimum atomic E-state index is -0.558. The number of ether oxygens (including phenoxy) is 2. The van der Waals surface area contributed by atoms with Crippen LogP contribution < -0.4 is 10.5 Å². The number of carbonyl (C=O) groups is 1. The summed E-state index contributed by atoms with van der Waals surface area (Å²) in [7, 11) is 0. The first-order valence-electron chi connectivity index (χ1n) is 7.14. The highest BCUT2D eigenvalue weighted by atomic mass is 16.5. The Bertz CT molecular complexity index is 863. The zero-order valence-electron chi connectivity index (χ0n) is 12.8. The molecule has 1 aromatic carbocycles. The van der Waals surface area contributed by atoms with E-state index in [0.717, 1.165) is 0 Å². The van der Waals surface area contributed by atoms with E-state index in [1.54, 1.807) is 37.3 Å². The summed E-state index contributed by atoms with van der Waals surface area (Å²) in [6, 6.07) is 8.49. The van der Waals surface area contributed by atoms with Gasteiger partial charge >= 0.3 is 5.97 Å². The van der Waals surface area contributed by atoms with Crippen molar-refractivity contribution in [3.8, 4) is 23.2 Å². The number of nitrogens with zero attached hydrogens (tertiary/aromatic N) is 3. The number of rotatable bonds is 5. The molecular formula is C16H14N4O4. The lowest BCUT2D eigenvalue weighted by Crippen LogP contribution is -2.04. The molecule has 0 spiro atoms. The van der Waals surface area contributed by atoms with Gasteiger partial charge in [-0.3, -0.25) is 0 Å². The molecule has 8 nitrogen and oxygen atoms in total. The standard InChI is InChI=1S/C16H14N4O4/c1-2-22-16(21)13-8-23-15(20-13)12-7-14(19-9-18-12)24-11-5-3-4-10(17)6-11/h3-9H,2,17H2,1H3. The van der Waals surface area contributed by atoms with E-state index in [2.05, 4.69) is 15.0 Å². The maximum absolute atomic E-state index is 11.6. The Morgan fingerprint density at radius 3 is 2.96 bits per heavy atom. The highest BCUT2D eigenvalue weighted by molar-refractivity contribution is 5.87. The molecule has 0 atom stereocenters. The summed E-state index contributed by atoms with van der Waals surface area (Å²) in [5.74, 6) is 0.441. The van der Waals surface area contributed by atoms with Crippen molar-refractivity contribution in [3.05, 3.63) is 48.6 Å². The molecule has 3 aromatic rings. The van der Waals surface area contributed by atoms with E-state index in [1.165, 1.54) is 12.6 Å². The fourth-order valence-electron chi connectivity index (χ4n) is 1.90. The Hall–Kier alpha value is -3.42. The van der Waals surface area contributed by atoms with Gasteiger partial charge in [-0.15, -0.1) is 0 Å². The first kappa shape index (κ1) is 15.5. The zero-order chi connectivity index (χ0) is 16.9. The minimum Gasteiger partial charge on any atom is -0.461 e. The van der Waals surface area contributed by atoms with Crippen molar-refractivity contribution in [2.45, 2.75) is 6.92 Å². The number of nitrogen functional groups attached to an aromatic ring is 1. The minimum absolute atomic E-state index is 0.0729. The maximum atomic E-state index is 11.6. The summed E-state index contributed by atoms with van der Waals surface area (Å²) in [5, 5.41) is 0. The molecular weight excluding hydrogens is 312 g/mol. The normalized spacial score (nSPS) is 10.4. The van der Waals surface area contributed by atoms with Crippen molar-refractivity contribution in [2.75, 3.05) is 12.3 Å². The summed E-state index contributed by atoms with van der Waals surface area (Å²) < 4.78 is 15.7. The van der Waals surface area contributed by atoms with Crippen LogP contribution in [0.25, 0.3) is 11.6 Å². The van der Waals surface area contributed by atoms with Gasteiger partial charge in [0.15, 0.2) is 5.69 Å². The van der Waals surface area contributed by atoms with E-state index in [4.69, 9.17) is 19.6 Å². The first-order chi connectivity index (χ1) is 11.7. The third-order valence-electron chi connectivity index (χ3n) is 2.93. The molecule has 3 rings (SSSR count). The number of nitrogens with two attached hydrogens (primary N) is 1. The summed E-state index contributed by atoms with van der Waals surface area (Å²) >= 11 is 0. The summed E-state index contributed by atoms with van der Waals surface area (Å²) in [5.41, 5.74) is 6.73. The van der Waals surface area contributed by atoms with Crippen molar-refractivity contribution in [2.24, 2.45) is 0 Å². The molecule has 0 saturated heterocycles. The number of carbonyl (C=O) groups excluding carboxylic acids is 1. The van der Waals surface area contributed by atoms with Crippen molar-refractivity contribution >= 4 is 11.7 Å². The Labute approximate surface area is 137 Å². The third-order valence-corrected chi connectivity index (χ3v) is 2.93. The van der Waals surface area contributed by atoms with Gasteiger partial charge in [-0.1, -0.05) is 6.07 Å². The van der Waals surface area contributed by atoms with E-state index >= 15 is 0 Å². The van der Waals surface area contributed by atoms with Gasteiger partial charge in [0.05, 0.1) is 6.61 Å². The van der Waals surface area contributed by atoms with Crippen LogP contribution in [0.15, 0.2) is 47.3 Å². The van der Waals surface area contributed by atoms with Gasteiger partial charge in [-0.05, 0) is 19.1 Å². The molecule has 0 aliphatic heterocycles. The van der Waals surface area contributed by atoms with Crippen LogP contribution >= 0.6 is 0 Å². The quantitative estimate of drug-likeness (QED) is 0.562. The molecule has 0 bridgehead atoms. The van der Waals surface area contributed by atoms with E-state index in [1.807, 2.05) is 0 Å². The molecule has 8 heteroatoms. The summed E-state index contributed by atoms with van der Waals surface area (Å²) in [6.45, 7) is 1.97. The number of benzene rings is 1. The number of oxazole rings is 1. The van der Waals surface area contributed by atoms with Gasteiger partial charge in [0.1, 0.15) is 24.0 Å². The van der Waals surface area contributed by atoms with Crippen LogP contribution in [0.2, 0.25) is 0 Å². The van der Waals surface area contributed by atoms with Crippen molar-refractivity contribution in [3.63, 3.8) is 0 Å². The van der Waals surface area contributed by atoms with E-state index in [0.29, 0.717) is 23.0 Å². The van der Waals surface area contributed by atoms with Crippen LogP contribution in [0, 0.1) is 0 Å². The summed E-state index contributed by atoms with van der Waals surface area (Å²) in [4.78, 5) is 23.8. The lowest BCUT2D eigenvalue weighted by atomic mass is 10.3. The molecule has 0 amide bonds. The third kappa shape index (κ3) is 3.49. The zero-order valence-corrected chi connectivity index (χ0v) is 12.8. The summed E-state index contributed by atoms with van der Waals surface area (Å²) in [6.07, 6.45) is 2.53. The van der Waals surface area contributed by atoms with E-state index in [-0.39, 0.29) is 18.2 Å². The molecule has 0 unspecified atom stereocenters. The fourth-order valence-corrected chi connectivity index (χ4v) is 1.90. The van der Waals surface area contributed by atoms with Gasteiger partial charge in [0.2, 0.25) is 11.8 Å². The molecule has 2 N–H and O–H groups in total. The smallest absolute Gasteiger partial charge is 0.360 e. The van der Waals surface area contributed by atoms with Crippen LogP contribution in [-0.4, -0.2) is 27.5 Å². The van der Waals surface area contributed by atoms with E-state index < -0.39 is 5.97 Å². The van der Waals surface area contributed by atoms with E-state index in [9.17, 15) is 4.79 Å². The first-order valence-corrected chi connectivity index (χ1v) is 7.14. The monoisotopic (exact) mass is 326 g/mol. The van der Waals surface area contributed by atoms with Crippen molar-refractivity contribution in [1.29, 1.82) is 0 Å². The molecule has 0 saturated carbocycles. The molecule has 0 radical (unpaired) electrons. The highest BCUT2D eigenvalue weighted by Crippen LogP contribution is 2.24. The lowest BCUT2D eigenvalue weighted by Gasteiger charge is -2.05. The second-order valence-corrected chi connectivity index (χ2v) is 4.67. The predicted molar refractivity (Wildman–Crippen MR) is 84.4 cm³/mol. The van der Waals surface area contributed by atoms with Gasteiger partial charge in [0, 0.05) is 17.8 Å². The highest BCUT2D eigenvalue weighted by Gasteiger charge is 2.16. The largest absolute Gasteiger partial charge is 0.461 e. The average Bonchev–Trinajstić information content (AvgIpc) is 3.05. The van der Waals surface area contributed by atoms with Crippen molar-refractivity contribution < 1.29 is 18.7 Å². The van der Waals surface area contributed by atoms with Crippen LogP contribution in [0.3, 0.4) is 0 Å². The van der Waals surface area contributed by atoms with Crippen molar-refractivity contribution in [1.82, 2.24) is 15.0 Å². The van der Waals surface area contributed by atoms with Gasteiger partial charge in [-0.25, -0.2) is 19.7 Å². The molecule has 0 aliphatic rings. The van der Waals surface area contributed by atoms with Crippen LogP contribution in [-0.2, 0) is 4.74 Å². The number of hydrogen-bond donors (Lipinski definition) is 1. The van der Waals surface area contributed by atoms with Crippen LogP contribution in [0.5, 0.6) is 11.6 Å². The molecule has 24 heavy (non-hydrogen) atoms. The number of esters is 1. The van der Waals surface area contributed by atoms with Gasteiger partial charge in [-0.2, -0.15) is 0 Å². The SMILES string of the molecule is CCOC(=O)c1coc(-c2cc(Oc3cccc(N)c3)ncn2)n1. The lowest BCUT2D eigenvalue weighted by molar-refractivity contribution is 0.0519. The molecule has 0 fully saturated rings. The molecule has 2 heterocycles. The second kappa shape index (κ2) is 6.78. The topological polar surface area (TPSA) is 113 Å².